The Labute approximate surface area is 276 Å². The number of aryl methyl sites for hydroxylation is 1. The largest absolute Gasteiger partial charge is 0.493 e. The summed E-state index contributed by atoms with van der Waals surface area (Å²) in [5.41, 5.74) is 3.26. The fourth-order valence-electron chi connectivity index (χ4n) is 6.08. The fourth-order valence-corrected chi connectivity index (χ4v) is 6.08. The number of H-pyrrole nitrogens is 2. The van der Waals surface area contributed by atoms with Crippen LogP contribution in [0.5, 0.6) is 17.2 Å². The third kappa shape index (κ3) is 7.35. The van der Waals surface area contributed by atoms with Crippen LogP contribution in [0.25, 0.3) is 22.2 Å². The van der Waals surface area contributed by atoms with Crippen molar-refractivity contribution in [1.82, 2.24) is 15.3 Å². The average molecular weight is 658 g/mol. The van der Waals surface area contributed by atoms with E-state index in [9.17, 15) is 24.0 Å². The normalized spacial score (nSPS) is 13.5. The molecule has 252 valence electrons. The number of aromatic nitrogens is 2. The SMILES string of the molecule is COc1cc2c(c(OC)c1OC)-c1ccc(NCCCCCC(=O)Nc3ccc4[nH]c(=O)c(=O)[nH]c4c3)c(=O)cc1C(NC(C)=O)CC2. The zero-order chi connectivity index (χ0) is 34.4. The smallest absolute Gasteiger partial charge is 0.314 e. The number of anilines is 2. The van der Waals surface area contributed by atoms with Crippen molar-refractivity contribution in [2.75, 3.05) is 38.5 Å². The minimum absolute atomic E-state index is 0.175. The zero-order valence-corrected chi connectivity index (χ0v) is 27.3. The van der Waals surface area contributed by atoms with Gasteiger partial charge in [-0.2, -0.15) is 0 Å². The van der Waals surface area contributed by atoms with E-state index >= 15 is 0 Å². The van der Waals surface area contributed by atoms with Crippen LogP contribution in [-0.2, 0) is 16.0 Å². The second-order valence-electron chi connectivity index (χ2n) is 11.6. The number of nitrogens with one attached hydrogen (secondary N) is 5. The summed E-state index contributed by atoms with van der Waals surface area (Å²) in [6.07, 6.45) is 3.56. The van der Waals surface area contributed by atoms with Gasteiger partial charge in [-0.3, -0.25) is 24.0 Å². The molecule has 48 heavy (non-hydrogen) atoms. The van der Waals surface area contributed by atoms with Crippen LogP contribution in [0.1, 0.15) is 56.2 Å². The number of amides is 2. The van der Waals surface area contributed by atoms with Gasteiger partial charge in [0.15, 0.2) is 11.5 Å². The van der Waals surface area contributed by atoms with Gasteiger partial charge < -0.3 is 40.1 Å². The second kappa shape index (κ2) is 14.9. The number of rotatable bonds is 12. The number of benzene rings is 2. The molecule has 1 aliphatic carbocycles. The second-order valence-corrected chi connectivity index (χ2v) is 11.6. The molecule has 0 spiro atoms. The molecule has 1 heterocycles. The molecule has 5 N–H and O–H groups in total. The number of hydrogen-bond donors (Lipinski definition) is 5. The van der Waals surface area contributed by atoms with Crippen molar-refractivity contribution in [2.45, 2.75) is 51.5 Å². The van der Waals surface area contributed by atoms with Crippen molar-refractivity contribution in [3.8, 4) is 28.4 Å². The first-order valence-corrected chi connectivity index (χ1v) is 15.7. The number of carbonyl (C=O) groups excluding carboxylic acids is 2. The van der Waals surface area contributed by atoms with Crippen LogP contribution in [0, 0.1) is 0 Å². The van der Waals surface area contributed by atoms with E-state index in [2.05, 4.69) is 25.9 Å². The van der Waals surface area contributed by atoms with Crippen molar-refractivity contribution < 1.29 is 23.8 Å². The predicted octanol–water partition coefficient (Wildman–Crippen LogP) is 4.00. The molecular formula is C35H39N5O8. The highest BCUT2D eigenvalue weighted by Crippen LogP contribution is 2.50. The first-order valence-electron chi connectivity index (χ1n) is 15.7. The zero-order valence-electron chi connectivity index (χ0n) is 27.3. The molecule has 1 aliphatic rings. The number of methoxy groups -OCH3 is 3. The van der Waals surface area contributed by atoms with Gasteiger partial charge >= 0.3 is 11.1 Å². The first kappa shape index (κ1) is 33.8. The molecule has 13 heteroatoms. The highest BCUT2D eigenvalue weighted by Gasteiger charge is 2.29. The summed E-state index contributed by atoms with van der Waals surface area (Å²) in [4.78, 5) is 66.3. The number of hydrogen-bond acceptors (Lipinski definition) is 9. The van der Waals surface area contributed by atoms with Crippen LogP contribution in [0.15, 0.2) is 56.8 Å². The number of carbonyl (C=O) groups is 2. The number of unbranched alkanes of at least 4 members (excludes halogenated alkanes) is 2. The third-order valence-corrected chi connectivity index (χ3v) is 8.32. The van der Waals surface area contributed by atoms with Gasteiger partial charge in [-0.1, -0.05) is 12.5 Å². The molecule has 0 saturated carbocycles. The van der Waals surface area contributed by atoms with Crippen molar-refractivity contribution in [2.24, 2.45) is 0 Å². The molecule has 2 amide bonds. The number of aromatic amines is 2. The van der Waals surface area contributed by atoms with Crippen molar-refractivity contribution >= 4 is 34.2 Å². The average Bonchev–Trinajstić information content (AvgIpc) is 3.30. The van der Waals surface area contributed by atoms with Crippen molar-refractivity contribution in [1.29, 1.82) is 0 Å². The monoisotopic (exact) mass is 657 g/mol. The maximum Gasteiger partial charge on any atom is 0.314 e. The lowest BCUT2D eigenvalue weighted by molar-refractivity contribution is -0.119. The Kier molecular flexibility index (Phi) is 10.5. The molecule has 4 aromatic rings. The van der Waals surface area contributed by atoms with Crippen LogP contribution in [0.4, 0.5) is 11.4 Å². The van der Waals surface area contributed by atoms with E-state index in [1.54, 1.807) is 51.7 Å². The van der Waals surface area contributed by atoms with Gasteiger partial charge in [-0.05, 0) is 78.8 Å². The maximum atomic E-state index is 13.5. The summed E-state index contributed by atoms with van der Waals surface area (Å²) in [5, 5.41) is 9.06. The topological polar surface area (TPSA) is 181 Å². The Morgan fingerprint density at radius 2 is 1.60 bits per heavy atom. The minimum atomic E-state index is -0.760. The molecule has 0 radical (unpaired) electrons. The standard InChI is InChI=1S/C35H39N5O8/c1-19(41)37-24-12-9-20-16-29(46-2)32(47-3)33(48-4)31(20)22-11-14-26(28(42)18-23(22)24)36-15-7-5-6-8-30(43)38-21-10-13-25-27(17-21)40-35(45)34(44)39-25/h10-11,13-14,16-18,24H,5-9,12,15H2,1-4H3,(H,36,42)(H,37,41)(H,38,43)(H,39,44)(H,40,45). The van der Waals surface area contributed by atoms with E-state index in [0.717, 1.165) is 29.5 Å². The van der Waals surface area contributed by atoms with Crippen LogP contribution in [-0.4, -0.2) is 49.7 Å². The molecule has 0 aliphatic heterocycles. The van der Waals surface area contributed by atoms with E-state index in [0.29, 0.717) is 77.4 Å². The summed E-state index contributed by atoms with van der Waals surface area (Å²) < 4.78 is 17.1. The van der Waals surface area contributed by atoms with Crippen LogP contribution < -0.4 is 46.7 Å². The van der Waals surface area contributed by atoms with E-state index in [1.807, 2.05) is 12.1 Å². The summed E-state index contributed by atoms with van der Waals surface area (Å²) in [6, 6.07) is 11.6. The van der Waals surface area contributed by atoms with Gasteiger partial charge in [0.25, 0.3) is 0 Å². The molecule has 0 bridgehead atoms. The molecule has 13 nitrogen and oxygen atoms in total. The van der Waals surface area contributed by atoms with Gasteiger partial charge in [0.2, 0.25) is 23.0 Å². The van der Waals surface area contributed by atoms with Crippen LogP contribution in [0.3, 0.4) is 0 Å². The number of fused-ring (bicyclic) bond motifs is 4. The van der Waals surface area contributed by atoms with E-state index < -0.39 is 17.2 Å². The first-order chi connectivity index (χ1) is 23.1. The lowest BCUT2D eigenvalue weighted by Crippen LogP contribution is -2.28. The summed E-state index contributed by atoms with van der Waals surface area (Å²) in [6.45, 7) is 1.97. The van der Waals surface area contributed by atoms with Gasteiger partial charge in [0, 0.05) is 31.1 Å². The van der Waals surface area contributed by atoms with Crippen molar-refractivity contribution in [3.63, 3.8) is 0 Å². The van der Waals surface area contributed by atoms with Gasteiger partial charge in [0.1, 0.15) is 0 Å². The van der Waals surface area contributed by atoms with E-state index in [-0.39, 0.29) is 17.2 Å². The molecule has 1 atom stereocenters. The van der Waals surface area contributed by atoms with Gasteiger partial charge in [-0.15, -0.1) is 0 Å². The Hall–Kier alpha value is -5.59. The molecular weight excluding hydrogens is 618 g/mol. The minimum Gasteiger partial charge on any atom is -0.493 e. The van der Waals surface area contributed by atoms with Crippen LogP contribution in [0.2, 0.25) is 0 Å². The lowest BCUT2D eigenvalue weighted by atomic mass is 9.95. The fraction of sp³-hybridized carbons (Fsp3) is 0.343. The highest BCUT2D eigenvalue weighted by atomic mass is 16.5. The van der Waals surface area contributed by atoms with E-state index in [1.165, 1.54) is 6.92 Å². The molecule has 0 fully saturated rings. The quantitative estimate of drug-likeness (QED) is 0.111. The molecule has 3 aromatic carbocycles. The maximum absolute atomic E-state index is 13.5. The molecule has 5 rings (SSSR count). The Morgan fingerprint density at radius 3 is 2.31 bits per heavy atom. The Morgan fingerprint density at radius 1 is 0.854 bits per heavy atom. The summed E-state index contributed by atoms with van der Waals surface area (Å²) >= 11 is 0. The van der Waals surface area contributed by atoms with Gasteiger partial charge in [-0.25, -0.2) is 0 Å². The highest BCUT2D eigenvalue weighted by molar-refractivity contribution is 5.92. The third-order valence-electron chi connectivity index (χ3n) is 8.32. The Balaban J connectivity index is 1.26. The molecule has 1 unspecified atom stereocenters. The van der Waals surface area contributed by atoms with Crippen LogP contribution >= 0.6 is 0 Å². The lowest BCUT2D eigenvalue weighted by Gasteiger charge is -2.19. The van der Waals surface area contributed by atoms with Crippen molar-refractivity contribution in [3.05, 3.63) is 84.5 Å². The Bertz CT molecular complexity index is 2040. The van der Waals surface area contributed by atoms with E-state index in [4.69, 9.17) is 14.2 Å². The molecule has 0 saturated heterocycles. The summed E-state index contributed by atoms with van der Waals surface area (Å²) in [7, 11) is 4.66. The molecule has 1 aromatic heterocycles. The summed E-state index contributed by atoms with van der Waals surface area (Å²) in [5.74, 6) is 1.08. The predicted molar refractivity (Wildman–Crippen MR) is 183 cm³/mol. The van der Waals surface area contributed by atoms with Gasteiger partial charge in [0.05, 0.1) is 44.1 Å². The number of ether oxygens (including phenoxy) is 3.